The molecule has 5 nitrogen and oxygen atoms in total. The van der Waals surface area contributed by atoms with Gasteiger partial charge in [0.25, 0.3) is 0 Å². The maximum atomic E-state index is 14.0. The number of hydrogen-bond acceptors (Lipinski definition) is 3. The van der Waals surface area contributed by atoms with Crippen LogP contribution < -0.4 is 10.6 Å². The third-order valence-electron chi connectivity index (χ3n) is 3.79. The topological polar surface area (TPSA) is 59.0 Å². The van der Waals surface area contributed by atoms with Crippen molar-refractivity contribution < 1.29 is 13.6 Å². The van der Waals surface area contributed by atoms with Crippen molar-refractivity contribution in [3.63, 3.8) is 0 Å². The molecule has 0 aliphatic rings. The SMILES string of the molecule is CNC(=O)Cn1ccc2c(Nc3c(C)cc(F)cc3F)nccc21. The number of halogens is 2. The fourth-order valence-corrected chi connectivity index (χ4v) is 2.57. The monoisotopic (exact) mass is 330 g/mol. The van der Waals surface area contributed by atoms with Gasteiger partial charge >= 0.3 is 0 Å². The number of fused-ring (bicyclic) bond motifs is 1. The fourth-order valence-electron chi connectivity index (χ4n) is 2.57. The van der Waals surface area contributed by atoms with E-state index in [4.69, 9.17) is 0 Å². The van der Waals surface area contributed by atoms with E-state index in [9.17, 15) is 13.6 Å². The summed E-state index contributed by atoms with van der Waals surface area (Å²) in [5.74, 6) is -0.995. The van der Waals surface area contributed by atoms with E-state index in [-0.39, 0.29) is 18.1 Å². The molecular weight excluding hydrogens is 314 g/mol. The van der Waals surface area contributed by atoms with Gasteiger partial charge in [-0.25, -0.2) is 13.8 Å². The molecule has 0 aliphatic carbocycles. The largest absolute Gasteiger partial charge is 0.358 e. The number of anilines is 2. The predicted octanol–water partition coefficient (Wildman–Crippen LogP) is 3.11. The molecule has 0 saturated carbocycles. The van der Waals surface area contributed by atoms with Crippen LogP contribution in [0.5, 0.6) is 0 Å². The van der Waals surface area contributed by atoms with Crippen LogP contribution in [-0.2, 0) is 11.3 Å². The molecule has 3 aromatic rings. The minimum Gasteiger partial charge on any atom is -0.358 e. The molecule has 0 unspecified atom stereocenters. The Morgan fingerprint density at radius 3 is 2.79 bits per heavy atom. The Morgan fingerprint density at radius 2 is 2.08 bits per heavy atom. The van der Waals surface area contributed by atoms with E-state index < -0.39 is 11.6 Å². The number of carbonyl (C=O) groups is 1. The molecule has 0 bridgehead atoms. The van der Waals surface area contributed by atoms with Crippen molar-refractivity contribution in [1.82, 2.24) is 14.9 Å². The lowest BCUT2D eigenvalue weighted by Crippen LogP contribution is -2.22. The van der Waals surface area contributed by atoms with E-state index in [1.165, 1.54) is 6.07 Å². The van der Waals surface area contributed by atoms with Gasteiger partial charge in [0, 0.05) is 30.9 Å². The molecule has 0 atom stereocenters. The molecule has 0 saturated heterocycles. The highest BCUT2D eigenvalue weighted by atomic mass is 19.1. The zero-order chi connectivity index (χ0) is 17.3. The average Bonchev–Trinajstić information content (AvgIpc) is 2.94. The average molecular weight is 330 g/mol. The van der Waals surface area contributed by atoms with Gasteiger partial charge in [-0.05, 0) is 30.7 Å². The molecule has 1 amide bonds. The molecule has 2 N–H and O–H groups in total. The van der Waals surface area contributed by atoms with Gasteiger partial charge in [-0.3, -0.25) is 4.79 Å². The first-order chi connectivity index (χ1) is 11.5. The first-order valence-electron chi connectivity index (χ1n) is 7.36. The second kappa shape index (κ2) is 6.27. The van der Waals surface area contributed by atoms with Crippen LogP contribution in [0.1, 0.15) is 5.56 Å². The minimum atomic E-state index is -0.684. The van der Waals surface area contributed by atoms with Gasteiger partial charge in [-0.15, -0.1) is 0 Å². The molecule has 3 rings (SSSR count). The molecule has 1 aromatic carbocycles. The number of benzene rings is 1. The second-order valence-corrected chi connectivity index (χ2v) is 5.41. The van der Waals surface area contributed by atoms with Gasteiger partial charge in [-0.1, -0.05) is 0 Å². The van der Waals surface area contributed by atoms with Gasteiger partial charge in [0.2, 0.25) is 5.91 Å². The number of pyridine rings is 1. The van der Waals surface area contributed by atoms with E-state index in [0.717, 1.165) is 17.0 Å². The Kier molecular flexibility index (Phi) is 4.16. The molecule has 0 aliphatic heterocycles. The van der Waals surface area contributed by atoms with Crippen molar-refractivity contribution in [2.24, 2.45) is 0 Å². The molecular formula is C17H16F2N4O. The summed E-state index contributed by atoms with van der Waals surface area (Å²) in [6, 6.07) is 5.65. The summed E-state index contributed by atoms with van der Waals surface area (Å²) < 4.78 is 29.0. The highest BCUT2D eigenvalue weighted by Crippen LogP contribution is 2.29. The van der Waals surface area contributed by atoms with Crippen LogP contribution in [0, 0.1) is 18.6 Å². The number of nitrogens with one attached hydrogen (secondary N) is 2. The second-order valence-electron chi connectivity index (χ2n) is 5.41. The summed E-state index contributed by atoms with van der Waals surface area (Å²) in [5, 5.41) is 6.23. The molecule has 0 fully saturated rings. The first-order valence-corrected chi connectivity index (χ1v) is 7.36. The molecule has 0 spiro atoms. The van der Waals surface area contributed by atoms with Gasteiger partial charge in [-0.2, -0.15) is 0 Å². The smallest absolute Gasteiger partial charge is 0.239 e. The molecule has 7 heteroatoms. The van der Waals surface area contributed by atoms with Gasteiger partial charge in [0.1, 0.15) is 24.0 Å². The van der Waals surface area contributed by atoms with Crippen LogP contribution in [0.15, 0.2) is 36.7 Å². The van der Waals surface area contributed by atoms with E-state index >= 15 is 0 Å². The standard InChI is InChI=1S/C17H16F2N4O/c1-10-7-11(18)8-13(19)16(10)22-17-12-4-6-23(9-15(24)20-2)14(12)3-5-21-17/h3-8H,9H2,1-2H3,(H,20,24)(H,21,22). The third-order valence-corrected chi connectivity index (χ3v) is 3.79. The van der Waals surface area contributed by atoms with Crippen molar-refractivity contribution in [2.75, 3.05) is 12.4 Å². The number of amides is 1. The quantitative estimate of drug-likeness (QED) is 0.773. The summed E-state index contributed by atoms with van der Waals surface area (Å²) in [5.41, 5.74) is 1.41. The zero-order valence-corrected chi connectivity index (χ0v) is 13.2. The van der Waals surface area contributed by atoms with Crippen molar-refractivity contribution in [3.05, 3.63) is 53.9 Å². The summed E-state index contributed by atoms with van der Waals surface area (Å²) in [6.07, 6.45) is 3.34. The van der Waals surface area contributed by atoms with Gasteiger partial charge in [0.15, 0.2) is 0 Å². The van der Waals surface area contributed by atoms with Crippen LogP contribution in [0.2, 0.25) is 0 Å². The summed E-state index contributed by atoms with van der Waals surface area (Å²) in [4.78, 5) is 15.8. The van der Waals surface area contributed by atoms with Crippen molar-refractivity contribution in [1.29, 1.82) is 0 Å². The number of carbonyl (C=O) groups excluding carboxylic acids is 1. The highest BCUT2D eigenvalue weighted by molar-refractivity contribution is 5.93. The van der Waals surface area contributed by atoms with Crippen molar-refractivity contribution >= 4 is 28.3 Å². The molecule has 2 aromatic heterocycles. The number of likely N-dealkylation sites (N-methyl/N-ethyl adjacent to an activating group) is 1. The van der Waals surface area contributed by atoms with Crippen LogP contribution in [0.4, 0.5) is 20.3 Å². The van der Waals surface area contributed by atoms with Crippen LogP contribution in [-0.4, -0.2) is 22.5 Å². The molecule has 24 heavy (non-hydrogen) atoms. The number of nitrogens with zero attached hydrogens (tertiary/aromatic N) is 2. The zero-order valence-electron chi connectivity index (χ0n) is 13.2. The number of rotatable bonds is 4. The van der Waals surface area contributed by atoms with E-state index in [1.54, 1.807) is 43.1 Å². The summed E-state index contributed by atoms with van der Waals surface area (Å²) >= 11 is 0. The van der Waals surface area contributed by atoms with Gasteiger partial charge < -0.3 is 15.2 Å². The molecule has 0 radical (unpaired) electrons. The van der Waals surface area contributed by atoms with Crippen molar-refractivity contribution in [3.8, 4) is 0 Å². The van der Waals surface area contributed by atoms with E-state index in [1.807, 2.05) is 0 Å². The maximum Gasteiger partial charge on any atom is 0.239 e. The number of aromatic nitrogens is 2. The normalized spacial score (nSPS) is 10.8. The van der Waals surface area contributed by atoms with E-state index in [0.29, 0.717) is 11.4 Å². The third kappa shape index (κ3) is 2.92. The van der Waals surface area contributed by atoms with E-state index in [2.05, 4.69) is 15.6 Å². The maximum absolute atomic E-state index is 14.0. The lowest BCUT2D eigenvalue weighted by atomic mass is 10.2. The summed E-state index contributed by atoms with van der Waals surface area (Å²) in [7, 11) is 1.57. The highest BCUT2D eigenvalue weighted by Gasteiger charge is 2.13. The van der Waals surface area contributed by atoms with Crippen LogP contribution >= 0.6 is 0 Å². The lowest BCUT2D eigenvalue weighted by molar-refractivity contribution is -0.121. The summed E-state index contributed by atoms with van der Waals surface area (Å²) in [6.45, 7) is 1.79. The Bertz CT molecular complexity index is 897. The fraction of sp³-hybridized carbons (Fsp3) is 0.176. The minimum absolute atomic E-state index is 0.126. The Hall–Kier alpha value is -2.96. The van der Waals surface area contributed by atoms with Crippen LogP contribution in [0.3, 0.4) is 0 Å². The van der Waals surface area contributed by atoms with Crippen LogP contribution in [0.25, 0.3) is 10.9 Å². The Labute approximate surface area is 137 Å². The van der Waals surface area contributed by atoms with Gasteiger partial charge in [0.05, 0.1) is 11.2 Å². The van der Waals surface area contributed by atoms with Crippen molar-refractivity contribution in [2.45, 2.75) is 13.5 Å². The molecule has 2 heterocycles. The first kappa shape index (κ1) is 15.9. The molecule has 124 valence electrons. The Morgan fingerprint density at radius 1 is 1.29 bits per heavy atom. The Balaban J connectivity index is 2.01. The number of hydrogen-bond donors (Lipinski definition) is 2. The lowest BCUT2D eigenvalue weighted by Gasteiger charge is -2.11. The number of aryl methyl sites for hydroxylation is 1. The predicted molar refractivity (Wildman–Crippen MR) is 88.2 cm³/mol.